The van der Waals surface area contributed by atoms with E-state index in [1.54, 1.807) is 0 Å². The molecule has 2 N–H and O–H groups in total. The largest absolute Gasteiger partial charge is 0.369 e. The number of hydrogen-bond acceptors (Lipinski definition) is 1. The highest BCUT2D eigenvalue weighted by atomic mass is 16.1. The molecular formula is C13H17NO. The lowest BCUT2D eigenvalue weighted by Gasteiger charge is -2.11. The van der Waals surface area contributed by atoms with Crippen LogP contribution in [0, 0.1) is 12.3 Å². The van der Waals surface area contributed by atoms with E-state index >= 15 is 0 Å². The fraction of sp³-hybridized carbons (Fsp3) is 0.462. The van der Waals surface area contributed by atoms with Gasteiger partial charge in [0.05, 0.1) is 0 Å². The molecule has 0 saturated heterocycles. The zero-order valence-corrected chi connectivity index (χ0v) is 9.12. The minimum atomic E-state index is -0.164. The van der Waals surface area contributed by atoms with Crippen molar-refractivity contribution in [3.8, 4) is 0 Å². The van der Waals surface area contributed by atoms with Gasteiger partial charge in [-0.05, 0) is 43.7 Å². The molecule has 15 heavy (non-hydrogen) atoms. The van der Waals surface area contributed by atoms with Gasteiger partial charge < -0.3 is 5.73 Å². The SMILES string of the molecule is Cc1ccccc1CCC1(C(N)=O)CC1. The highest BCUT2D eigenvalue weighted by Crippen LogP contribution is 2.49. The number of nitrogens with two attached hydrogens (primary N) is 1. The van der Waals surface area contributed by atoms with E-state index in [1.165, 1.54) is 11.1 Å². The van der Waals surface area contributed by atoms with Crippen molar-refractivity contribution < 1.29 is 4.79 Å². The lowest BCUT2D eigenvalue weighted by atomic mass is 9.94. The van der Waals surface area contributed by atoms with Gasteiger partial charge in [0.1, 0.15) is 0 Å². The molecule has 0 radical (unpaired) electrons. The Balaban J connectivity index is 2.00. The lowest BCUT2D eigenvalue weighted by Crippen LogP contribution is -2.25. The second kappa shape index (κ2) is 3.69. The van der Waals surface area contributed by atoms with E-state index in [2.05, 4.69) is 19.1 Å². The maximum Gasteiger partial charge on any atom is 0.223 e. The number of carbonyl (C=O) groups is 1. The molecule has 1 fully saturated rings. The number of rotatable bonds is 4. The third-order valence-electron chi connectivity index (χ3n) is 3.51. The van der Waals surface area contributed by atoms with Crippen molar-refractivity contribution in [2.45, 2.75) is 32.6 Å². The van der Waals surface area contributed by atoms with E-state index in [0.717, 1.165) is 25.7 Å². The molecule has 1 amide bonds. The van der Waals surface area contributed by atoms with Crippen molar-refractivity contribution in [2.24, 2.45) is 11.1 Å². The van der Waals surface area contributed by atoms with Gasteiger partial charge in [-0.1, -0.05) is 24.3 Å². The van der Waals surface area contributed by atoms with E-state index in [4.69, 9.17) is 5.73 Å². The summed E-state index contributed by atoms with van der Waals surface area (Å²) < 4.78 is 0. The van der Waals surface area contributed by atoms with E-state index in [9.17, 15) is 4.79 Å². The van der Waals surface area contributed by atoms with Crippen LogP contribution in [0.5, 0.6) is 0 Å². The summed E-state index contributed by atoms with van der Waals surface area (Å²) in [5.74, 6) is -0.115. The van der Waals surface area contributed by atoms with Crippen molar-refractivity contribution in [3.05, 3.63) is 35.4 Å². The van der Waals surface area contributed by atoms with Gasteiger partial charge in [-0.25, -0.2) is 0 Å². The van der Waals surface area contributed by atoms with Crippen molar-refractivity contribution in [3.63, 3.8) is 0 Å². The highest BCUT2D eigenvalue weighted by Gasteiger charge is 2.47. The molecular weight excluding hydrogens is 186 g/mol. The van der Waals surface area contributed by atoms with Crippen LogP contribution in [0.2, 0.25) is 0 Å². The van der Waals surface area contributed by atoms with Crippen molar-refractivity contribution in [2.75, 3.05) is 0 Å². The number of aryl methyl sites for hydroxylation is 2. The first-order valence-electron chi connectivity index (χ1n) is 5.48. The molecule has 1 aromatic rings. The highest BCUT2D eigenvalue weighted by molar-refractivity contribution is 5.83. The standard InChI is InChI=1S/C13H17NO/c1-10-4-2-3-5-11(10)6-7-13(8-9-13)12(14)15/h2-5H,6-9H2,1H3,(H2,14,15). The van der Waals surface area contributed by atoms with Crippen LogP contribution in [0.1, 0.15) is 30.4 Å². The second-order valence-electron chi connectivity index (χ2n) is 4.57. The van der Waals surface area contributed by atoms with Crippen LogP contribution in [-0.2, 0) is 11.2 Å². The molecule has 0 heterocycles. The van der Waals surface area contributed by atoms with Gasteiger partial charge >= 0.3 is 0 Å². The smallest absolute Gasteiger partial charge is 0.223 e. The molecule has 2 heteroatoms. The minimum Gasteiger partial charge on any atom is -0.369 e. The molecule has 80 valence electrons. The maximum atomic E-state index is 11.2. The van der Waals surface area contributed by atoms with E-state index in [-0.39, 0.29) is 11.3 Å². The lowest BCUT2D eigenvalue weighted by molar-refractivity contribution is -0.123. The first-order valence-corrected chi connectivity index (χ1v) is 5.48. The fourth-order valence-corrected chi connectivity index (χ4v) is 2.04. The predicted molar refractivity (Wildman–Crippen MR) is 60.4 cm³/mol. The third kappa shape index (κ3) is 2.04. The molecule has 1 aliphatic rings. The molecule has 0 unspecified atom stereocenters. The topological polar surface area (TPSA) is 43.1 Å². The van der Waals surface area contributed by atoms with Gasteiger partial charge in [-0.15, -0.1) is 0 Å². The van der Waals surface area contributed by atoms with Crippen LogP contribution in [0.25, 0.3) is 0 Å². The van der Waals surface area contributed by atoms with Crippen LogP contribution in [0.15, 0.2) is 24.3 Å². The molecule has 0 aromatic heterocycles. The number of benzene rings is 1. The van der Waals surface area contributed by atoms with Crippen molar-refractivity contribution in [1.82, 2.24) is 0 Å². The Morgan fingerprint density at radius 2 is 2.07 bits per heavy atom. The Labute approximate surface area is 90.5 Å². The molecule has 1 saturated carbocycles. The summed E-state index contributed by atoms with van der Waals surface area (Å²) in [6, 6.07) is 8.33. The average molecular weight is 203 g/mol. The Bertz CT molecular complexity index is 380. The Morgan fingerprint density at radius 3 is 2.60 bits per heavy atom. The molecule has 0 bridgehead atoms. The van der Waals surface area contributed by atoms with Crippen molar-refractivity contribution in [1.29, 1.82) is 0 Å². The molecule has 1 aromatic carbocycles. The molecule has 0 aliphatic heterocycles. The molecule has 2 nitrogen and oxygen atoms in total. The van der Waals surface area contributed by atoms with Gasteiger partial charge in [0.25, 0.3) is 0 Å². The summed E-state index contributed by atoms with van der Waals surface area (Å²) in [6.07, 6.45) is 3.84. The summed E-state index contributed by atoms with van der Waals surface area (Å²) in [5, 5.41) is 0. The summed E-state index contributed by atoms with van der Waals surface area (Å²) >= 11 is 0. The van der Waals surface area contributed by atoms with E-state index in [0.29, 0.717) is 0 Å². The monoisotopic (exact) mass is 203 g/mol. The number of carbonyl (C=O) groups excluding carboxylic acids is 1. The summed E-state index contributed by atoms with van der Waals surface area (Å²) in [4.78, 5) is 11.2. The first-order chi connectivity index (χ1) is 7.14. The third-order valence-corrected chi connectivity index (χ3v) is 3.51. The molecule has 2 rings (SSSR count). The predicted octanol–water partition coefficient (Wildman–Crippen LogP) is 2.19. The molecule has 0 atom stereocenters. The zero-order valence-electron chi connectivity index (χ0n) is 9.12. The quantitative estimate of drug-likeness (QED) is 0.801. The van der Waals surface area contributed by atoms with Crippen LogP contribution in [0.4, 0.5) is 0 Å². The summed E-state index contributed by atoms with van der Waals surface area (Å²) in [5.41, 5.74) is 7.87. The maximum absolute atomic E-state index is 11.2. The van der Waals surface area contributed by atoms with Gasteiger partial charge in [0.2, 0.25) is 5.91 Å². The van der Waals surface area contributed by atoms with Gasteiger partial charge in [-0.3, -0.25) is 4.79 Å². The zero-order chi connectivity index (χ0) is 10.9. The Hall–Kier alpha value is -1.31. The Kier molecular flexibility index (Phi) is 2.51. The Morgan fingerprint density at radius 1 is 1.40 bits per heavy atom. The van der Waals surface area contributed by atoms with Gasteiger partial charge in [-0.2, -0.15) is 0 Å². The van der Waals surface area contributed by atoms with Crippen LogP contribution >= 0.6 is 0 Å². The average Bonchev–Trinajstić information content (AvgIpc) is 2.98. The number of hydrogen-bond donors (Lipinski definition) is 1. The van der Waals surface area contributed by atoms with Crippen LogP contribution < -0.4 is 5.73 Å². The van der Waals surface area contributed by atoms with Crippen LogP contribution in [-0.4, -0.2) is 5.91 Å². The normalized spacial score (nSPS) is 17.4. The number of amides is 1. The molecule has 0 spiro atoms. The van der Waals surface area contributed by atoms with Gasteiger partial charge in [0, 0.05) is 5.41 Å². The van der Waals surface area contributed by atoms with Crippen LogP contribution in [0.3, 0.4) is 0 Å². The van der Waals surface area contributed by atoms with E-state index in [1.807, 2.05) is 12.1 Å². The van der Waals surface area contributed by atoms with E-state index < -0.39 is 0 Å². The molecule has 1 aliphatic carbocycles. The fourth-order valence-electron chi connectivity index (χ4n) is 2.04. The first kappa shape index (κ1) is 10.2. The summed E-state index contributed by atoms with van der Waals surface area (Å²) in [6.45, 7) is 2.11. The minimum absolute atomic E-state index is 0.115. The number of primary amides is 1. The summed E-state index contributed by atoms with van der Waals surface area (Å²) in [7, 11) is 0. The second-order valence-corrected chi connectivity index (χ2v) is 4.57. The van der Waals surface area contributed by atoms with Gasteiger partial charge in [0.15, 0.2) is 0 Å². The van der Waals surface area contributed by atoms with Crippen molar-refractivity contribution >= 4 is 5.91 Å².